The standard InChI is InChI=1S/C34H27Cl2FN2O7/c35-33-16-24-22(11-12-23-27(24)30(44)38(29(23)43)15-3-6-26(41)42)28(21-13-14-25(40)20-5-2-1-4-19(20)21)34(33,36)32(46)39(31(33)45)18-9-7-17(37)8-10-18/h1-2,4-5,7-11,13-14,23-24,27-28,40H,3,6,12,15-16H2,(H,41,42). The van der Waals surface area contributed by atoms with Crippen molar-refractivity contribution in [2.24, 2.45) is 17.8 Å². The van der Waals surface area contributed by atoms with E-state index >= 15 is 0 Å². The Hall–Kier alpha value is -4.28. The Morgan fingerprint density at radius 1 is 0.913 bits per heavy atom. The van der Waals surface area contributed by atoms with Gasteiger partial charge >= 0.3 is 5.97 Å². The number of carbonyl (C=O) groups excluding carboxylic acids is 4. The first-order valence-electron chi connectivity index (χ1n) is 14.9. The number of carboxylic acid groups (broad SMARTS) is 1. The zero-order chi connectivity index (χ0) is 32.7. The quantitative estimate of drug-likeness (QED) is 0.213. The number of carboxylic acids is 1. The Morgan fingerprint density at radius 3 is 2.30 bits per heavy atom. The molecule has 3 aromatic rings. The lowest BCUT2D eigenvalue weighted by atomic mass is 9.56. The Bertz CT molecular complexity index is 1900. The minimum absolute atomic E-state index is 0.0134. The number of phenolic OH excluding ortho intramolecular Hbond substituents is 1. The van der Waals surface area contributed by atoms with Crippen molar-refractivity contribution in [3.05, 3.63) is 83.7 Å². The summed E-state index contributed by atoms with van der Waals surface area (Å²) in [6, 6.07) is 14.8. The molecule has 0 spiro atoms. The summed E-state index contributed by atoms with van der Waals surface area (Å²) in [5, 5.41) is 20.8. The Morgan fingerprint density at radius 2 is 1.61 bits per heavy atom. The molecule has 46 heavy (non-hydrogen) atoms. The second-order valence-electron chi connectivity index (χ2n) is 12.3. The summed E-state index contributed by atoms with van der Waals surface area (Å²) in [6.07, 6.45) is 1.60. The first kappa shape index (κ1) is 30.4. The van der Waals surface area contributed by atoms with Gasteiger partial charge in [0.05, 0.1) is 17.5 Å². The number of anilines is 1. The van der Waals surface area contributed by atoms with Crippen LogP contribution in [0.3, 0.4) is 0 Å². The van der Waals surface area contributed by atoms with Crippen LogP contribution in [0, 0.1) is 23.6 Å². The molecule has 7 rings (SSSR count). The average molecular weight is 666 g/mol. The molecule has 0 aromatic heterocycles. The number of alkyl halides is 2. The Labute approximate surface area is 272 Å². The topological polar surface area (TPSA) is 132 Å². The number of halogens is 3. The van der Waals surface area contributed by atoms with Gasteiger partial charge in [-0.05, 0) is 66.5 Å². The highest BCUT2D eigenvalue weighted by Gasteiger charge is 2.76. The molecule has 2 N–H and O–H groups in total. The monoisotopic (exact) mass is 664 g/mol. The molecule has 12 heteroatoms. The number of rotatable bonds is 6. The van der Waals surface area contributed by atoms with Gasteiger partial charge in [0.1, 0.15) is 11.6 Å². The first-order chi connectivity index (χ1) is 21.9. The molecule has 2 saturated heterocycles. The fraction of sp³-hybridized carbons (Fsp3) is 0.324. The highest BCUT2D eigenvalue weighted by molar-refractivity contribution is 6.58. The maximum Gasteiger partial charge on any atom is 0.303 e. The first-order valence-corrected chi connectivity index (χ1v) is 15.7. The van der Waals surface area contributed by atoms with Crippen LogP contribution in [-0.2, 0) is 24.0 Å². The van der Waals surface area contributed by atoms with Crippen molar-refractivity contribution in [3.63, 3.8) is 0 Å². The van der Waals surface area contributed by atoms with E-state index in [1.165, 1.54) is 18.2 Å². The maximum atomic E-state index is 14.5. The second-order valence-corrected chi connectivity index (χ2v) is 13.5. The van der Waals surface area contributed by atoms with Crippen LogP contribution in [0.4, 0.5) is 10.1 Å². The van der Waals surface area contributed by atoms with E-state index in [9.17, 15) is 33.5 Å². The molecule has 3 aromatic carbocycles. The number of likely N-dealkylation sites (tertiary alicyclic amines) is 1. The van der Waals surface area contributed by atoms with Crippen molar-refractivity contribution in [3.8, 4) is 5.75 Å². The third-order valence-electron chi connectivity index (χ3n) is 10.0. The largest absolute Gasteiger partial charge is 0.507 e. The zero-order valence-corrected chi connectivity index (χ0v) is 25.7. The van der Waals surface area contributed by atoms with Gasteiger partial charge in [-0.15, -0.1) is 23.2 Å². The van der Waals surface area contributed by atoms with Crippen LogP contribution < -0.4 is 4.90 Å². The number of benzene rings is 3. The zero-order valence-electron chi connectivity index (χ0n) is 24.2. The number of hydrogen-bond acceptors (Lipinski definition) is 6. The summed E-state index contributed by atoms with van der Waals surface area (Å²) in [4.78, 5) is 65.2. The van der Waals surface area contributed by atoms with Gasteiger partial charge in [0, 0.05) is 24.3 Å². The third-order valence-corrected chi connectivity index (χ3v) is 11.4. The van der Waals surface area contributed by atoms with E-state index in [0.29, 0.717) is 21.9 Å². The fourth-order valence-corrected chi connectivity index (χ4v) is 8.90. The molecule has 0 radical (unpaired) electrons. The van der Waals surface area contributed by atoms with Crippen LogP contribution in [0.15, 0.2) is 72.3 Å². The van der Waals surface area contributed by atoms with E-state index in [-0.39, 0.29) is 43.7 Å². The highest BCUT2D eigenvalue weighted by atomic mass is 35.5. The molecule has 2 aliphatic carbocycles. The van der Waals surface area contributed by atoms with Gasteiger partial charge in [-0.25, -0.2) is 9.29 Å². The normalized spacial score (nSPS) is 30.4. The number of fused-ring (bicyclic) bond motifs is 5. The number of carbonyl (C=O) groups is 5. The molecule has 6 atom stereocenters. The predicted octanol–water partition coefficient (Wildman–Crippen LogP) is 5.11. The van der Waals surface area contributed by atoms with Gasteiger partial charge in [-0.1, -0.05) is 42.0 Å². The fourth-order valence-electron chi connectivity index (χ4n) is 7.98. The smallest absolute Gasteiger partial charge is 0.303 e. The van der Waals surface area contributed by atoms with Crippen LogP contribution >= 0.6 is 23.2 Å². The molecule has 0 bridgehead atoms. The summed E-state index contributed by atoms with van der Waals surface area (Å²) in [7, 11) is 0. The number of aromatic hydroxyl groups is 1. The minimum atomic E-state index is -2.11. The van der Waals surface area contributed by atoms with Gasteiger partial charge in [-0.2, -0.15) is 0 Å². The van der Waals surface area contributed by atoms with Gasteiger partial charge in [0.25, 0.3) is 11.8 Å². The number of allylic oxidation sites excluding steroid dienone is 2. The van der Waals surface area contributed by atoms with Crippen LogP contribution in [0.5, 0.6) is 5.75 Å². The van der Waals surface area contributed by atoms with Crippen molar-refractivity contribution >= 4 is 69.3 Å². The molecular weight excluding hydrogens is 638 g/mol. The number of aliphatic carboxylic acids is 1. The molecule has 3 fully saturated rings. The predicted molar refractivity (Wildman–Crippen MR) is 166 cm³/mol. The lowest BCUT2D eigenvalue weighted by Gasteiger charge is -2.51. The van der Waals surface area contributed by atoms with Gasteiger partial charge in [-0.3, -0.25) is 28.9 Å². The van der Waals surface area contributed by atoms with E-state index in [1.807, 2.05) is 6.08 Å². The van der Waals surface area contributed by atoms with E-state index < -0.39 is 68.8 Å². The lowest BCUT2D eigenvalue weighted by Crippen LogP contribution is -2.60. The number of imide groups is 2. The van der Waals surface area contributed by atoms with E-state index in [4.69, 9.17) is 28.3 Å². The van der Waals surface area contributed by atoms with Crippen LogP contribution in [0.1, 0.15) is 37.2 Å². The number of phenols is 1. The molecule has 4 amide bonds. The van der Waals surface area contributed by atoms with Crippen molar-refractivity contribution < 1.29 is 38.6 Å². The third kappa shape index (κ3) is 4.09. The Balaban J connectivity index is 1.41. The molecule has 1 saturated carbocycles. The molecular formula is C34H27Cl2FN2O7. The van der Waals surface area contributed by atoms with Crippen molar-refractivity contribution in [1.82, 2.24) is 4.90 Å². The van der Waals surface area contributed by atoms with E-state index in [2.05, 4.69) is 0 Å². The van der Waals surface area contributed by atoms with E-state index in [1.54, 1.807) is 30.3 Å². The number of amides is 4. The summed E-state index contributed by atoms with van der Waals surface area (Å²) >= 11 is 14.8. The lowest BCUT2D eigenvalue weighted by molar-refractivity contribution is -0.142. The summed E-state index contributed by atoms with van der Waals surface area (Å²) in [5.41, 5.74) is 1.16. The van der Waals surface area contributed by atoms with Crippen LogP contribution in [0.25, 0.3) is 10.8 Å². The van der Waals surface area contributed by atoms with Crippen molar-refractivity contribution in [2.45, 2.75) is 41.3 Å². The molecule has 6 unspecified atom stereocenters. The maximum absolute atomic E-state index is 14.5. The van der Waals surface area contributed by atoms with Gasteiger partial charge < -0.3 is 10.2 Å². The molecule has 4 aliphatic rings. The van der Waals surface area contributed by atoms with Gasteiger partial charge in [0.2, 0.25) is 11.8 Å². The molecule has 2 heterocycles. The summed E-state index contributed by atoms with van der Waals surface area (Å²) < 4.78 is 13.9. The second kappa shape index (κ2) is 10.6. The van der Waals surface area contributed by atoms with Crippen molar-refractivity contribution in [2.75, 3.05) is 11.4 Å². The number of hydrogen-bond donors (Lipinski definition) is 2. The molecule has 9 nitrogen and oxygen atoms in total. The summed E-state index contributed by atoms with van der Waals surface area (Å²) in [6.45, 7) is -0.0632. The SMILES string of the molecule is O=C(O)CCCN1C(=O)C2CC=C3C(CC4(Cl)C(=O)N(c5ccc(F)cc5)C(=O)C4(Cl)C3c3ccc(O)c4ccccc34)C2C1=O. The molecule has 236 valence electrons. The van der Waals surface area contributed by atoms with Crippen molar-refractivity contribution in [1.29, 1.82) is 0 Å². The Kier molecular flexibility index (Phi) is 7.02. The van der Waals surface area contributed by atoms with Crippen LogP contribution in [0.2, 0.25) is 0 Å². The minimum Gasteiger partial charge on any atom is -0.507 e. The highest BCUT2D eigenvalue weighted by Crippen LogP contribution is 2.66. The van der Waals surface area contributed by atoms with Crippen LogP contribution in [-0.4, -0.2) is 61.0 Å². The molecule has 2 aliphatic heterocycles. The summed E-state index contributed by atoms with van der Waals surface area (Å²) in [5.74, 6) is -7.69. The number of nitrogens with zero attached hydrogens (tertiary/aromatic N) is 2. The average Bonchev–Trinajstić information content (AvgIpc) is 3.36. The van der Waals surface area contributed by atoms with Gasteiger partial charge in [0.15, 0.2) is 9.75 Å². The van der Waals surface area contributed by atoms with E-state index in [0.717, 1.165) is 21.9 Å².